The maximum Gasteiger partial charge on any atom is 0.0746 e. The molecule has 0 aromatic carbocycles. The number of ether oxygens (including phenoxy) is 1. The molecule has 2 rings (SSSR count). The van der Waals surface area contributed by atoms with E-state index in [1.54, 1.807) is 7.11 Å². The molecule has 0 aliphatic heterocycles. The highest BCUT2D eigenvalue weighted by atomic mass is 16.5. The monoisotopic (exact) mass is 239 g/mol. The molecule has 3 atom stereocenters. The van der Waals surface area contributed by atoms with Crippen LogP contribution in [-0.2, 0) is 4.74 Å². The van der Waals surface area contributed by atoms with Crippen LogP contribution in [0.25, 0.3) is 0 Å². The fourth-order valence-electron chi connectivity index (χ4n) is 4.23. The van der Waals surface area contributed by atoms with Gasteiger partial charge in [-0.05, 0) is 49.9 Å². The zero-order valence-corrected chi connectivity index (χ0v) is 12.4. The highest BCUT2D eigenvalue weighted by Crippen LogP contribution is 2.62. The van der Waals surface area contributed by atoms with Gasteiger partial charge in [0.15, 0.2) is 0 Å². The summed E-state index contributed by atoms with van der Waals surface area (Å²) in [7, 11) is 1.80. The lowest BCUT2D eigenvalue weighted by Gasteiger charge is -2.44. The Hall–Kier alpha value is -0.0800. The van der Waals surface area contributed by atoms with Gasteiger partial charge in [0.2, 0.25) is 0 Å². The third kappa shape index (κ3) is 2.15. The van der Waals surface area contributed by atoms with E-state index >= 15 is 0 Å². The van der Waals surface area contributed by atoms with E-state index in [-0.39, 0.29) is 5.60 Å². The summed E-state index contributed by atoms with van der Waals surface area (Å²) in [4.78, 5) is 0. The van der Waals surface area contributed by atoms with E-state index in [1.807, 2.05) is 0 Å². The normalized spacial score (nSPS) is 39.9. The molecule has 0 amide bonds. The lowest BCUT2D eigenvalue weighted by Crippen LogP contribution is -2.53. The summed E-state index contributed by atoms with van der Waals surface area (Å²) in [5.74, 6) is 0.913. The molecular formula is C15H29NO. The molecule has 2 nitrogen and oxygen atoms in total. The van der Waals surface area contributed by atoms with Gasteiger partial charge in [0.1, 0.15) is 0 Å². The van der Waals surface area contributed by atoms with Crippen LogP contribution in [0.1, 0.15) is 53.9 Å². The van der Waals surface area contributed by atoms with E-state index < -0.39 is 0 Å². The molecule has 100 valence electrons. The lowest BCUT2D eigenvalue weighted by molar-refractivity contribution is 0.00777. The second-order valence-electron chi connectivity index (χ2n) is 7.69. The van der Waals surface area contributed by atoms with Crippen molar-refractivity contribution in [2.24, 2.45) is 16.7 Å². The largest absolute Gasteiger partial charge is 0.377 e. The Morgan fingerprint density at radius 2 is 1.94 bits per heavy atom. The van der Waals surface area contributed by atoms with E-state index in [4.69, 9.17) is 4.74 Å². The van der Waals surface area contributed by atoms with Crippen molar-refractivity contribution >= 4 is 0 Å². The van der Waals surface area contributed by atoms with E-state index in [2.05, 4.69) is 39.9 Å². The minimum atomic E-state index is -0.0612. The van der Waals surface area contributed by atoms with Crippen molar-refractivity contribution in [3.8, 4) is 0 Å². The van der Waals surface area contributed by atoms with Gasteiger partial charge in [-0.25, -0.2) is 0 Å². The Labute approximate surface area is 107 Å². The second-order valence-corrected chi connectivity index (χ2v) is 7.69. The number of nitrogens with one attached hydrogen (secondary N) is 1. The van der Waals surface area contributed by atoms with Gasteiger partial charge in [-0.1, -0.05) is 20.8 Å². The van der Waals surface area contributed by atoms with Crippen LogP contribution in [0.4, 0.5) is 0 Å². The average molecular weight is 239 g/mol. The van der Waals surface area contributed by atoms with Gasteiger partial charge in [0, 0.05) is 19.7 Å². The Morgan fingerprint density at radius 1 is 1.29 bits per heavy atom. The smallest absolute Gasteiger partial charge is 0.0746 e. The first-order valence-electron chi connectivity index (χ1n) is 7.00. The fourth-order valence-corrected chi connectivity index (χ4v) is 4.23. The number of fused-ring (bicyclic) bond motifs is 2. The Kier molecular flexibility index (Phi) is 3.11. The zero-order valence-electron chi connectivity index (χ0n) is 12.4. The van der Waals surface area contributed by atoms with Crippen LogP contribution < -0.4 is 5.32 Å². The minimum absolute atomic E-state index is 0.0612. The summed E-state index contributed by atoms with van der Waals surface area (Å²) in [6, 6.07) is 0.642. The highest BCUT2D eigenvalue weighted by Gasteiger charge is 2.59. The molecule has 0 heterocycles. The molecule has 0 saturated heterocycles. The second kappa shape index (κ2) is 3.96. The lowest BCUT2D eigenvalue weighted by atomic mass is 9.68. The van der Waals surface area contributed by atoms with Crippen LogP contribution in [0.5, 0.6) is 0 Å². The Morgan fingerprint density at radius 3 is 2.41 bits per heavy atom. The zero-order chi connectivity index (χ0) is 12.9. The van der Waals surface area contributed by atoms with Crippen LogP contribution in [0.15, 0.2) is 0 Å². The molecule has 0 radical (unpaired) electrons. The van der Waals surface area contributed by atoms with Crippen molar-refractivity contribution < 1.29 is 4.74 Å². The number of methoxy groups -OCH3 is 1. The van der Waals surface area contributed by atoms with Crippen molar-refractivity contribution in [1.29, 1.82) is 0 Å². The quantitative estimate of drug-likeness (QED) is 0.813. The van der Waals surface area contributed by atoms with E-state index in [9.17, 15) is 0 Å². The summed E-state index contributed by atoms with van der Waals surface area (Å²) in [6.07, 6.45) is 4.23. The van der Waals surface area contributed by atoms with E-state index in [0.717, 1.165) is 12.5 Å². The van der Waals surface area contributed by atoms with Crippen molar-refractivity contribution in [2.45, 2.75) is 65.5 Å². The molecule has 2 aliphatic carbocycles. The third-order valence-electron chi connectivity index (χ3n) is 5.55. The first kappa shape index (κ1) is 13.4. The van der Waals surface area contributed by atoms with Crippen molar-refractivity contribution in [1.82, 2.24) is 5.32 Å². The van der Waals surface area contributed by atoms with Gasteiger partial charge in [-0.3, -0.25) is 0 Å². The van der Waals surface area contributed by atoms with Crippen molar-refractivity contribution in [3.63, 3.8) is 0 Å². The van der Waals surface area contributed by atoms with Gasteiger partial charge >= 0.3 is 0 Å². The fraction of sp³-hybridized carbons (Fsp3) is 1.00. The predicted molar refractivity (Wildman–Crippen MR) is 72.1 cm³/mol. The average Bonchev–Trinajstić information content (AvgIpc) is 2.68. The summed E-state index contributed by atoms with van der Waals surface area (Å²) >= 11 is 0. The van der Waals surface area contributed by atoms with Crippen LogP contribution in [0.2, 0.25) is 0 Å². The van der Waals surface area contributed by atoms with Gasteiger partial charge in [-0.2, -0.15) is 0 Å². The Bertz CT molecular complexity index is 293. The molecular weight excluding hydrogens is 210 g/mol. The standard InChI is InChI=1S/C15H29NO/c1-13(2,17-6)10-16-12-14(3,4)11-7-8-15(12,5)9-11/h11-12,16H,7-10H2,1-6H3/t11-,12?,15+/m0/s1. The minimum Gasteiger partial charge on any atom is -0.377 e. The molecule has 0 aromatic heterocycles. The third-order valence-corrected chi connectivity index (χ3v) is 5.55. The molecule has 1 unspecified atom stereocenters. The molecule has 1 N–H and O–H groups in total. The topological polar surface area (TPSA) is 21.3 Å². The molecule has 17 heavy (non-hydrogen) atoms. The molecule has 2 heteroatoms. The molecule has 2 fully saturated rings. The molecule has 0 spiro atoms. The molecule has 2 saturated carbocycles. The predicted octanol–water partition coefficient (Wildman–Crippen LogP) is 3.22. The molecule has 0 aromatic rings. The van der Waals surface area contributed by atoms with Gasteiger partial charge in [0.05, 0.1) is 5.60 Å². The van der Waals surface area contributed by atoms with E-state index in [1.165, 1.54) is 19.3 Å². The molecule has 2 bridgehead atoms. The number of hydrogen-bond donors (Lipinski definition) is 1. The number of hydrogen-bond acceptors (Lipinski definition) is 2. The summed E-state index contributed by atoms with van der Waals surface area (Å²) in [5, 5.41) is 3.81. The van der Waals surface area contributed by atoms with Crippen LogP contribution >= 0.6 is 0 Å². The van der Waals surface area contributed by atoms with Gasteiger partial charge in [0.25, 0.3) is 0 Å². The van der Waals surface area contributed by atoms with Crippen LogP contribution in [0, 0.1) is 16.7 Å². The first-order chi connectivity index (χ1) is 7.71. The summed E-state index contributed by atoms with van der Waals surface area (Å²) in [5.41, 5.74) is 0.892. The van der Waals surface area contributed by atoms with Crippen molar-refractivity contribution in [3.05, 3.63) is 0 Å². The van der Waals surface area contributed by atoms with Gasteiger partial charge in [-0.15, -0.1) is 0 Å². The summed E-state index contributed by atoms with van der Waals surface area (Å²) < 4.78 is 5.52. The maximum absolute atomic E-state index is 5.52. The SMILES string of the molecule is COC(C)(C)CNC1C(C)(C)[C@H]2CC[C@]1(C)C2. The van der Waals surface area contributed by atoms with Crippen molar-refractivity contribution in [2.75, 3.05) is 13.7 Å². The highest BCUT2D eigenvalue weighted by molar-refractivity contribution is 5.12. The maximum atomic E-state index is 5.52. The summed E-state index contributed by atoms with van der Waals surface area (Å²) in [6.45, 7) is 12.6. The first-order valence-corrected chi connectivity index (χ1v) is 7.00. The Balaban J connectivity index is 2.05. The van der Waals surface area contributed by atoms with E-state index in [0.29, 0.717) is 16.9 Å². The number of rotatable bonds is 4. The molecule has 2 aliphatic rings. The van der Waals surface area contributed by atoms with Gasteiger partial charge < -0.3 is 10.1 Å². The van der Waals surface area contributed by atoms with Crippen LogP contribution in [-0.4, -0.2) is 25.3 Å². The van der Waals surface area contributed by atoms with Crippen LogP contribution in [0.3, 0.4) is 0 Å².